The topological polar surface area (TPSA) is 76.7 Å². The predicted octanol–water partition coefficient (Wildman–Crippen LogP) is 3.81. The number of anilines is 1. The first-order valence-electron chi connectivity index (χ1n) is 10.8. The molecule has 5 rings (SSSR count). The quantitative estimate of drug-likeness (QED) is 0.626. The van der Waals surface area contributed by atoms with E-state index in [1.807, 2.05) is 72.8 Å². The molecule has 6 nitrogen and oxygen atoms in total. The van der Waals surface area contributed by atoms with Crippen LogP contribution in [0.1, 0.15) is 22.6 Å². The average molecular weight is 428 g/mol. The Kier molecular flexibility index (Phi) is 5.60. The third-order valence-corrected chi connectivity index (χ3v) is 5.83. The molecule has 32 heavy (non-hydrogen) atoms. The van der Waals surface area contributed by atoms with E-state index in [2.05, 4.69) is 10.6 Å². The Morgan fingerprint density at radius 2 is 1.50 bits per heavy atom. The zero-order valence-electron chi connectivity index (χ0n) is 17.5. The lowest BCUT2D eigenvalue weighted by molar-refractivity contribution is -0.131. The smallest absolute Gasteiger partial charge is 0.246 e. The number of benzene rings is 3. The molecule has 3 aromatic carbocycles. The van der Waals surface area contributed by atoms with E-state index in [0.29, 0.717) is 13.0 Å². The van der Waals surface area contributed by atoms with E-state index in [0.717, 1.165) is 40.3 Å². The molecule has 2 unspecified atom stereocenters. The lowest BCUT2D eigenvalue weighted by atomic mass is 9.93. The molecule has 2 aliphatic heterocycles. The second kappa shape index (κ2) is 8.85. The van der Waals surface area contributed by atoms with Gasteiger partial charge >= 0.3 is 0 Å². The molecule has 0 bridgehead atoms. The van der Waals surface area contributed by atoms with E-state index < -0.39 is 0 Å². The highest BCUT2D eigenvalue weighted by molar-refractivity contribution is 6.03. The van der Waals surface area contributed by atoms with Crippen LogP contribution in [0.4, 0.5) is 5.69 Å². The molecule has 162 valence electrons. The Labute approximate surface area is 186 Å². The van der Waals surface area contributed by atoms with E-state index in [9.17, 15) is 9.59 Å². The van der Waals surface area contributed by atoms with Gasteiger partial charge in [0.25, 0.3) is 0 Å². The second-order valence-corrected chi connectivity index (χ2v) is 8.21. The highest BCUT2D eigenvalue weighted by atomic mass is 16.5. The van der Waals surface area contributed by atoms with Gasteiger partial charge in [0.2, 0.25) is 11.8 Å². The van der Waals surface area contributed by atoms with E-state index in [4.69, 9.17) is 9.47 Å². The first-order valence-corrected chi connectivity index (χ1v) is 10.8. The van der Waals surface area contributed by atoms with Crippen molar-refractivity contribution < 1.29 is 19.1 Å². The minimum absolute atomic E-state index is 0.00415. The number of fused-ring (bicyclic) bond motifs is 1. The minimum Gasteiger partial charge on any atom is -0.457 e. The summed E-state index contributed by atoms with van der Waals surface area (Å²) in [6.07, 6.45) is 1.37. The van der Waals surface area contributed by atoms with Gasteiger partial charge in [-0.15, -0.1) is 0 Å². The van der Waals surface area contributed by atoms with Gasteiger partial charge in [0.15, 0.2) is 0 Å². The van der Waals surface area contributed by atoms with Crippen LogP contribution in [0.25, 0.3) is 0 Å². The summed E-state index contributed by atoms with van der Waals surface area (Å²) in [7, 11) is 0. The molecular formula is C26H24N2O4. The van der Waals surface area contributed by atoms with Crippen LogP contribution in [0.3, 0.4) is 0 Å². The second-order valence-electron chi connectivity index (χ2n) is 8.21. The molecule has 2 amide bonds. The number of ether oxygens (including phenoxy) is 2. The van der Waals surface area contributed by atoms with E-state index in [1.165, 1.54) is 0 Å². The summed E-state index contributed by atoms with van der Waals surface area (Å²) in [5, 5.41) is 5.89. The number of rotatable bonds is 6. The van der Waals surface area contributed by atoms with Gasteiger partial charge in [-0.05, 0) is 59.9 Å². The number of nitrogens with one attached hydrogen (secondary N) is 2. The zero-order chi connectivity index (χ0) is 21.9. The molecular weight excluding hydrogens is 404 g/mol. The van der Waals surface area contributed by atoms with Gasteiger partial charge in [-0.25, -0.2) is 0 Å². The number of morpholine rings is 1. The molecule has 0 saturated carbocycles. The van der Waals surface area contributed by atoms with Gasteiger partial charge in [0.05, 0.1) is 18.6 Å². The number of carbonyl (C=O) groups excluding carboxylic acids is 2. The fourth-order valence-electron chi connectivity index (χ4n) is 4.24. The Balaban J connectivity index is 1.19. The van der Waals surface area contributed by atoms with E-state index in [1.54, 1.807) is 0 Å². The highest BCUT2D eigenvalue weighted by Crippen LogP contribution is 2.34. The molecule has 2 heterocycles. The molecule has 1 fully saturated rings. The lowest BCUT2D eigenvalue weighted by Crippen LogP contribution is -2.46. The Morgan fingerprint density at radius 1 is 0.844 bits per heavy atom. The zero-order valence-corrected chi connectivity index (χ0v) is 17.5. The SMILES string of the molecule is O=C1COCC(Cc2ccc(Oc3ccc(CC4C(=O)Nc5ccccc54)cc3)cc2)N1. The maximum absolute atomic E-state index is 12.3. The summed E-state index contributed by atoms with van der Waals surface area (Å²) in [6, 6.07) is 23.6. The van der Waals surface area contributed by atoms with E-state index in [-0.39, 0.29) is 30.4 Å². The average Bonchev–Trinajstić information content (AvgIpc) is 3.11. The third-order valence-electron chi connectivity index (χ3n) is 5.83. The van der Waals surface area contributed by atoms with Crippen LogP contribution < -0.4 is 15.4 Å². The molecule has 2 atom stereocenters. The fourth-order valence-corrected chi connectivity index (χ4v) is 4.24. The summed E-state index contributed by atoms with van der Waals surface area (Å²) in [5.74, 6) is 1.30. The first kappa shape index (κ1) is 20.3. The van der Waals surface area contributed by atoms with Gasteiger partial charge in [-0.3, -0.25) is 9.59 Å². The summed E-state index contributed by atoms with van der Waals surface area (Å²) in [5.41, 5.74) is 4.15. The molecule has 1 saturated heterocycles. The molecule has 0 spiro atoms. The predicted molar refractivity (Wildman–Crippen MR) is 121 cm³/mol. The van der Waals surface area contributed by atoms with Gasteiger partial charge in [-0.2, -0.15) is 0 Å². The molecule has 0 aromatic heterocycles. The fraction of sp³-hybridized carbons (Fsp3) is 0.231. The first-order chi connectivity index (χ1) is 15.6. The monoisotopic (exact) mass is 428 g/mol. The number of amides is 2. The van der Waals surface area contributed by atoms with Crippen LogP contribution in [-0.4, -0.2) is 31.1 Å². The van der Waals surface area contributed by atoms with E-state index >= 15 is 0 Å². The minimum atomic E-state index is -0.162. The number of para-hydroxylation sites is 1. The summed E-state index contributed by atoms with van der Waals surface area (Å²) >= 11 is 0. The number of hydrogen-bond donors (Lipinski definition) is 2. The molecule has 6 heteroatoms. The summed E-state index contributed by atoms with van der Waals surface area (Å²) in [4.78, 5) is 23.8. The molecule has 3 aromatic rings. The van der Waals surface area contributed by atoms with Crippen molar-refractivity contribution in [1.82, 2.24) is 5.32 Å². The maximum Gasteiger partial charge on any atom is 0.246 e. The van der Waals surface area contributed by atoms with Crippen LogP contribution in [0.15, 0.2) is 72.8 Å². The molecule has 0 radical (unpaired) electrons. The molecule has 2 N–H and O–H groups in total. The molecule has 0 aliphatic carbocycles. The Bertz CT molecular complexity index is 1130. The molecule has 2 aliphatic rings. The summed E-state index contributed by atoms with van der Waals surface area (Å²) in [6.45, 7) is 0.674. The van der Waals surface area contributed by atoms with Gasteiger partial charge in [0, 0.05) is 5.69 Å². The van der Waals surface area contributed by atoms with Crippen LogP contribution in [0.5, 0.6) is 11.5 Å². The largest absolute Gasteiger partial charge is 0.457 e. The van der Waals surface area contributed by atoms with Crippen LogP contribution >= 0.6 is 0 Å². The van der Waals surface area contributed by atoms with Crippen LogP contribution in [-0.2, 0) is 27.2 Å². The van der Waals surface area contributed by atoms with Crippen molar-refractivity contribution in [3.63, 3.8) is 0 Å². The lowest BCUT2D eigenvalue weighted by Gasteiger charge is -2.23. The van der Waals surface area contributed by atoms with Gasteiger partial charge in [0.1, 0.15) is 18.1 Å². The number of carbonyl (C=O) groups is 2. The van der Waals surface area contributed by atoms with Crippen molar-refractivity contribution in [3.8, 4) is 11.5 Å². The van der Waals surface area contributed by atoms with Crippen molar-refractivity contribution in [3.05, 3.63) is 89.5 Å². The van der Waals surface area contributed by atoms with Crippen molar-refractivity contribution in [1.29, 1.82) is 0 Å². The normalized spacial score (nSPS) is 19.8. The van der Waals surface area contributed by atoms with Crippen molar-refractivity contribution in [2.45, 2.75) is 24.8 Å². The summed E-state index contributed by atoms with van der Waals surface area (Å²) < 4.78 is 11.3. The third kappa shape index (κ3) is 4.50. The van der Waals surface area contributed by atoms with Crippen molar-refractivity contribution in [2.24, 2.45) is 0 Å². The maximum atomic E-state index is 12.3. The van der Waals surface area contributed by atoms with Crippen molar-refractivity contribution >= 4 is 17.5 Å². The van der Waals surface area contributed by atoms with Crippen LogP contribution in [0.2, 0.25) is 0 Å². The number of hydrogen-bond acceptors (Lipinski definition) is 4. The Morgan fingerprint density at radius 3 is 2.19 bits per heavy atom. The van der Waals surface area contributed by atoms with Gasteiger partial charge in [-0.1, -0.05) is 42.5 Å². The standard InChI is InChI=1S/C26H24N2O4/c29-25-16-31-15-19(27-25)13-17-5-9-20(10-6-17)32-21-11-7-18(8-12-21)14-23-22-3-1-2-4-24(22)28-26(23)30/h1-12,19,23H,13-16H2,(H,27,29)(H,28,30). The van der Waals surface area contributed by atoms with Gasteiger partial charge < -0.3 is 20.1 Å². The van der Waals surface area contributed by atoms with Crippen molar-refractivity contribution in [2.75, 3.05) is 18.5 Å². The Hall–Kier alpha value is -3.64. The highest BCUT2D eigenvalue weighted by Gasteiger charge is 2.30. The van der Waals surface area contributed by atoms with Crippen LogP contribution in [0, 0.1) is 0 Å².